The Labute approximate surface area is 219 Å². The fraction of sp³-hybridized carbons (Fsp3) is 0.400. The number of ether oxygens (including phenoxy) is 1. The molecule has 1 aromatic heterocycles. The highest BCUT2D eigenvalue weighted by molar-refractivity contribution is 5.76. The number of carboxylic acid groups (broad SMARTS) is 1. The van der Waals surface area contributed by atoms with E-state index >= 15 is 0 Å². The van der Waals surface area contributed by atoms with Gasteiger partial charge < -0.3 is 9.84 Å². The summed E-state index contributed by atoms with van der Waals surface area (Å²) in [5.41, 5.74) is 12.6. The maximum atomic E-state index is 12.5. The zero-order valence-electron chi connectivity index (χ0n) is 22.5. The lowest BCUT2D eigenvalue weighted by Gasteiger charge is -2.34. The van der Waals surface area contributed by atoms with Crippen LogP contribution >= 0.6 is 0 Å². The van der Waals surface area contributed by atoms with Gasteiger partial charge in [0.2, 0.25) is 0 Å². The highest BCUT2D eigenvalue weighted by Gasteiger charge is 2.40. The van der Waals surface area contributed by atoms with Gasteiger partial charge in [-0.2, -0.15) is 5.11 Å². The molecule has 1 atom stereocenters. The van der Waals surface area contributed by atoms with Gasteiger partial charge in [0.15, 0.2) is 0 Å². The van der Waals surface area contributed by atoms with Gasteiger partial charge in [0.25, 0.3) is 0 Å². The molecule has 0 aliphatic carbocycles. The minimum Gasteiger partial charge on any atom is -0.486 e. The lowest BCUT2D eigenvalue weighted by Crippen LogP contribution is -2.40. The number of hydrogen-bond acceptors (Lipinski definition) is 6. The third kappa shape index (κ3) is 5.42. The number of carboxylic acids is 1. The number of pyridine rings is 1. The van der Waals surface area contributed by atoms with Crippen LogP contribution in [0.4, 0.5) is 5.69 Å². The average Bonchev–Trinajstić information content (AvgIpc) is 2.96. The van der Waals surface area contributed by atoms with E-state index in [-0.39, 0.29) is 5.60 Å². The summed E-state index contributed by atoms with van der Waals surface area (Å²) < 4.78 is 6.30. The predicted octanol–water partition coefficient (Wildman–Crippen LogP) is 6.78. The van der Waals surface area contributed by atoms with Crippen molar-refractivity contribution >= 4 is 11.7 Å². The number of nitrogens with one attached hydrogen (secondary N) is 1. The van der Waals surface area contributed by atoms with Crippen LogP contribution in [0.25, 0.3) is 0 Å². The number of rotatable bonds is 7. The monoisotopic (exact) mass is 500 g/mol. The molecule has 194 valence electrons. The number of benzene rings is 2. The topological polar surface area (TPSA) is 98.9 Å². The van der Waals surface area contributed by atoms with Gasteiger partial charge in [-0.05, 0) is 81.5 Å². The quantitative estimate of drug-likeness (QED) is 0.349. The van der Waals surface area contributed by atoms with Gasteiger partial charge in [-0.3, -0.25) is 14.7 Å². The summed E-state index contributed by atoms with van der Waals surface area (Å²) in [6.07, 6.45) is 3.62. The van der Waals surface area contributed by atoms with E-state index in [2.05, 4.69) is 47.9 Å². The highest BCUT2D eigenvalue weighted by Crippen LogP contribution is 2.44. The van der Waals surface area contributed by atoms with E-state index in [4.69, 9.17) is 10.3 Å². The number of aryl methyl sites for hydroxylation is 1. The second-order valence-corrected chi connectivity index (χ2v) is 11.2. The van der Waals surface area contributed by atoms with Crippen molar-refractivity contribution in [1.29, 1.82) is 5.53 Å². The Morgan fingerprint density at radius 3 is 2.70 bits per heavy atom. The van der Waals surface area contributed by atoms with Gasteiger partial charge in [-0.1, -0.05) is 30.3 Å². The molecule has 2 heterocycles. The number of nitrogens with zero attached hydrogens (tertiary/aromatic N) is 3. The molecule has 4 rings (SSSR count). The molecule has 7 nitrogen and oxygen atoms in total. The van der Waals surface area contributed by atoms with Crippen LogP contribution in [-0.2, 0) is 17.9 Å². The molecule has 0 saturated heterocycles. The van der Waals surface area contributed by atoms with Gasteiger partial charge in [0.1, 0.15) is 11.4 Å². The Kier molecular flexibility index (Phi) is 7.20. The Bertz CT molecular complexity index is 1330. The zero-order chi connectivity index (χ0) is 27.0. The van der Waals surface area contributed by atoms with Crippen molar-refractivity contribution in [1.82, 2.24) is 9.88 Å². The second kappa shape index (κ2) is 10.1. The van der Waals surface area contributed by atoms with E-state index in [1.807, 2.05) is 37.4 Å². The van der Waals surface area contributed by atoms with Crippen LogP contribution < -0.4 is 4.74 Å². The van der Waals surface area contributed by atoms with Crippen molar-refractivity contribution in [2.24, 2.45) is 10.5 Å². The summed E-state index contributed by atoms with van der Waals surface area (Å²) in [6, 6.07) is 13.8. The van der Waals surface area contributed by atoms with E-state index in [1.165, 1.54) is 0 Å². The van der Waals surface area contributed by atoms with Gasteiger partial charge in [-0.25, -0.2) is 5.53 Å². The Hall–Kier alpha value is -3.58. The van der Waals surface area contributed by atoms with Gasteiger partial charge >= 0.3 is 5.97 Å². The third-order valence-corrected chi connectivity index (χ3v) is 7.40. The van der Waals surface area contributed by atoms with Crippen LogP contribution in [0.1, 0.15) is 67.0 Å². The van der Waals surface area contributed by atoms with Crippen molar-refractivity contribution in [3.8, 4) is 5.75 Å². The first-order valence-corrected chi connectivity index (χ1v) is 12.6. The minimum atomic E-state index is -1.08. The molecule has 3 aromatic rings. The standard InChI is InChI=1S/C30H36N4O3/c1-19-10-11-21(27(30(5,6)28(35)36)24-8-7-9-25(33-31)20(24)2)14-22(19)16-34-17-23-15-32-13-12-26(23)37-29(3,4)18-34/h7-15,27,31H,16-18H2,1-6H3,(H,35,36). The minimum absolute atomic E-state index is 0.372. The molecule has 0 spiro atoms. The van der Waals surface area contributed by atoms with Crippen LogP contribution in [0.2, 0.25) is 0 Å². The molecule has 1 aliphatic heterocycles. The molecule has 0 saturated carbocycles. The third-order valence-electron chi connectivity index (χ3n) is 7.40. The molecular formula is C30H36N4O3. The first kappa shape index (κ1) is 26.5. The summed E-state index contributed by atoms with van der Waals surface area (Å²) in [5.74, 6) is -0.422. The van der Waals surface area contributed by atoms with Crippen molar-refractivity contribution < 1.29 is 14.6 Å². The summed E-state index contributed by atoms with van der Waals surface area (Å²) >= 11 is 0. The first-order chi connectivity index (χ1) is 17.4. The van der Waals surface area contributed by atoms with Crippen LogP contribution in [0.5, 0.6) is 5.75 Å². The summed E-state index contributed by atoms with van der Waals surface area (Å²) in [7, 11) is 0. The number of aliphatic carboxylic acids is 1. The summed E-state index contributed by atoms with van der Waals surface area (Å²) in [6.45, 7) is 13.9. The van der Waals surface area contributed by atoms with Crippen LogP contribution in [-0.4, -0.2) is 33.1 Å². The maximum absolute atomic E-state index is 12.5. The number of fused-ring (bicyclic) bond motifs is 1. The summed E-state index contributed by atoms with van der Waals surface area (Å²) in [5, 5.41) is 13.9. The molecule has 2 aromatic carbocycles. The van der Waals surface area contributed by atoms with Crippen LogP contribution in [0, 0.1) is 24.8 Å². The number of aromatic nitrogens is 1. The lowest BCUT2D eigenvalue weighted by molar-refractivity contribution is -0.147. The van der Waals surface area contributed by atoms with Gasteiger partial charge in [0.05, 0.1) is 11.1 Å². The van der Waals surface area contributed by atoms with Crippen molar-refractivity contribution in [3.63, 3.8) is 0 Å². The van der Waals surface area contributed by atoms with Crippen molar-refractivity contribution in [2.45, 2.75) is 66.2 Å². The Morgan fingerprint density at radius 1 is 1.24 bits per heavy atom. The molecule has 7 heteroatoms. The predicted molar refractivity (Wildman–Crippen MR) is 143 cm³/mol. The van der Waals surface area contributed by atoms with E-state index < -0.39 is 17.3 Å². The first-order valence-electron chi connectivity index (χ1n) is 12.6. The molecule has 1 unspecified atom stereocenters. The van der Waals surface area contributed by atoms with Gasteiger partial charge in [0, 0.05) is 43.5 Å². The van der Waals surface area contributed by atoms with Crippen LogP contribution in [0.15, 0.2) is 60.0 Å². The summed E-state index contributed by atoms with van der Waals surface area (Å²) in [4.78, 5) is 19.1. The van der Waals surface area contributed by atoms with Crippen molar-refractivity contribution in [2.75, 3.05) is 6.54 Å². The fourth-order valence-electron chi connectivity index (χ4n) is 5.38. The number of carbonyl (C=O) groups is 1. The normalized spacial score (nSPS) is 16.3. The Morgan fingerprint density at radius 2 is 2.00 bits per heavy atom. The smallest absolute Gasteiger partial charge is 0.310 e. The number of hydrogen-bond donors (Lipinski definition) is 2. The van der Waals surface area contributed by atoms with E-state index in [9.17, 15) is 9.90 Å². The highest BCUT2D eigenvalue weighted by atomic mass is 16.5. The van der Waals surface area contributed by atoms with E-state index in [1.54, 1.807) is 26.1 Å². The van der Waals surface area contributed by atoms with E-state index in [0.29, 0.717) is 18.8 Å². The van der Waals surface area contributed by atoms with E-state index in [0.717, 1.165) is 45.7 Å². The SMILES string of the molecule is Cc1ccc(C(c2cccc(N=N)c2C)C(C)(C)C(=O)O)cc1CN1Cc2cnccc2OC(C)(C)C1. The molecule has 0 fully saturated rings. The van der Waals surface area contributed by atoms with Crippen molar-refractivity contribution in [3.05, 3.63) is 88.2 Å². The fourth-order valence-corrected chi connectivity index (χ4v) is 5.38. The molecule has 2 N–H and O–H groups in total. The van der Waals surface area contributed by atoms with Gasteiger partial charge in [-0.15, -0.1) is 0 Å². The molecule has 37 heavy (non-hydrogen) atoms. The zero-order valence-corrected chi connectivity index (χ0v) is 22.5. The molecule has 1 aliphatic rings. The average molecular weight is 501 g/mol. The maximum Gasteiger partial charge on any atom is 0.310 e. The molecule has 0 amide bonds. The molecular weight excluding hydrogens is 464 g/mol. The largest absolute Gasteiger partial charge is 0.486 e. The second-order valence-electron chi connectivity index (χ2n) is 11.2. The molecule has 0 radical (unpaired) electrons. The lowest BCUT2D eigenvalue weighted by atomic mass is 9.69. The van der Waals surface area contributed by atoms with Crippen LogP contribution in [0.3, 0.4) is 0 Å². The molecule has 0 bridgehead atoms. The Balaban J connectivity index is 1.77.